The number of carbonyl (C=O) groups excluding carboxylic acids is 2. The van der Waals surface area contributed by atoms with Gasteiger partial charge in [-0.25, -0.2) is 9.97 Å². The van der Waals surface area contributed by atoms with Crippen molar-refractivity contribution in [2.24, 2.45) is 7.05 Å². The Balaban J connectivity index is 1.75. The predicted octanol–water partition coefficient (Wildman–Crippen LogP) is 3.61. The maximum absolute atomic E-state index is 12.4. The Hall–Kier alpha value is -2.70. The first-order chi connectivity index (χ1) is 12.0. The van der Waals surface area contributed by atoms with E-state index < -0.39 is 5.91 Å². The first kappa shape index (κ1) is 17.1. The lowest BCUT2D eigenvalue weighted by molar-refractivity contribution is 0.102. The second-order valence-corrected chi connectivity index (χ2v) is 5.94. The molecule has 0 atom stereocenters. The molecule has 6 nitrogen and oxygen atoms in total. The average molecular weight is 375 g/mol. The van der Waals surface area contributed by atoms with Crippen LogP contribution in [0, 0.1) is 0 Å². The predicted molar refractivity (Wildman–Crippen MR) is 95.3 cm³/mol. The molecule has 0 spiro atoms. The average Bonchev–Trinajstić information content (AvgIpc) is 3.00. The first-order valence-electron chi connectivity index (χ1n) is 7.21. The summed E-state index contributed by atoms with van der Waals surface area (Å²) in [5.41, 5.74) is 1.20. The highest BCUT2D eigenvalue weighted by molar-refractivity contribution is 6.35. The van der Waals surface area contributed by atoms with Crippen molar-refractivity contribution in [1.29, 1.82) is 0 Å². The van der Waals surface area contributed by atoms with Crippen molar-refractivity contribution in [2.45, 2.75) is 0 Å². The molecule has 0 fully saturated rings. The van der Waals surface area contributed by atoms with E-state index in [1.54, 1.807) is 48.3 Å². The molecule has 0 saturated heterocycles. The zero-order valence-corrected chi connectivity index (χ0v) is 14.5. The summed E-state index contributed by atoms with van der Waals surface area (Å²) in [6.45, 7) is 0. The van der Waals surface area contributed by atoms with Gasteiger partial charge in [0.1, 0.15) is 10.3 Å². The van der Waals surface area contributed by atoms with Crippen molar-refractivity contribution in [3.8, 4) is 0 Å². The van der Waals surface area contributed by atoms with Gasteiger partial charge in [-0.1, -0.05) is 23.2 Å². The van der Waals surface area contributed by atoms with Gasteiger partial charge in [-0.2, -0.15) is 0 Å². The zero-order valence-electron chi connectivity index (χ0n) is 13.0. The first-order valence-corrected chi connectivity index (χ1v) is 7.97. The van der Waals surface area contributed by atoms with E-state index in [4.69, 9.17) is 23.2 Å². The second kappa shape index (κ2) is 7.04. The van der Waals surface area contributed by atoms with Crippen LogP contribution >= 0.6 is 23.2 Å². The number of nitrogens with zero attached hydrogens (tertiary/aromatic N) is 3. The topological polar surface area (TPSA) is 76.9 Å². The Kier molecular flexibility index (Phi) is 4.83. The number of imidazole rings is 1. The zero-order chi connectivity index (χ0) is 18.0. The minimum absolute atomic E-state index is 0.0200. The number of anilines is 1. The Morgan fingerprint density at radius 2 is 1.80 bits per heavy atom. The monoisotopic (exact) mass is 374 g/mol. The molecule has 1 amide bonds. The largest absolute Gasteiger partial charge is 0.331 e. The summed E-state index contributed by atoms with van der Waals surface area (Å²) < 4.78 is 1.65. The molecule has 0 unspecified atom stereocenters. The normalized spacial score (nSPS) is 10.5. The minimum Gasteiger partial charge on any atom is -0.331 e. The highest BCUT2D eigenvalue weighted by atomic mass is 35.5. The summed E-state index contributed by atoms with van der Waals surface area (Å²) in [7, 11) is 1.75. The van der Waals surface area contributed by atoms with E-state index in [0.29, 0.717) is 17.1 Å². The van der Waals surface area contributed by atoms with E-state index >= 15 is 0 Å². The van der Waals surface area contributed by atoms with Gasteiger partial charge in [-0.15, -0.1) is 0 Å². The van der Waals surface area contributed by atoms with Crippen molar-refractivity contribution in [1.82, 2.24) is 14.5 Å². The van der Waals surface area contributed by atoms with Crippen LogP contribution in [0.5, 0.6) is 0 Å². The molecule has 0 aliphatic carbocycles. The van der Waals surface area contributed by atoms with Crippen LogP contribution in [-0.2, 0) is 7.05 Å². The fourth-order valence-corrected chi connectivity index (χ4v) is 2.63. The third-order valence-electron chi connectivity index (χ3n) is 3.49. The molecule has 0 radical (unpaired) electrons. The fourth-order valence-electron chi connectivity index (χ4n) is 2.20. The molecule has 0 saturated carbocycles. The molecule has 126 valence electrons. The highest BCUT2D eigenvalue weighted by Gasteiger charge is 2.15. The van der Waals surface area contributed by atoms with Crippen molar-refractivity contribution >= 4 is 40.6 Å². The Labute approximate surface area is 153 Å². The molecule has 3 aromatic rings. The quantitative estimate of drug-likeness (QED) is 0.558. The lowest BCUT2D eigenvalue weighted by atomic mass is 10.1. The van der Waals surface area contributed by atoms with Gasteiger partial charge < -0.3 is 9.88 Å². The molecule has 3 rings (SSSR count). The van der Waals surface area contributed by atoms with E-state index in [0.717, 1.165) is 0 Å². The van der Waals surface area contributed by atoms with Crippen LogP contribution in [-0.4, -0.2) is 26.2 Å². The van der Waals surface area contributed by atoms with Crippen LogP contribution < -0.4 is 5.32 Å². The molecule has 25 heavy (non-hydrogen) atoms. The van der Waals surface area contributed by atoms with Crippen LogP contribution in [0.3, 0.4) is 0 Å². The molecule has 2 heterocycles. The maximum Gasteiger partial charge on any atom is 0.258 e. The fraction of sp³-hybridized carbons (Fsp3) is 0.0588. The Morgan fingerprint density at radius 3 is 2.40 bits per heavy atom. The van der Waals surface area contributed by atoms with Crippen molar-refractivity contribution < 1.29 is 9.59 Å². The number of amides is 1. The molecule has 1 N–H and O–H groups in total. The molecule has 8 heteroatoms. The van der Waals surface area contributed by atoms with E-state index in [2.05, 4.69) is 15.3 Å². The Morgan fingerprint density at radius 1 is 1.08 bits per heavy atom. The molecular formula is C17H12Cl2N4O2. The minimum atomic E-state index is -0.419. The van der Waals surface area contributed by atoms with Crippen LogP contribution in [0.4, 0.5) is 5.69 Å². The van der Waals surface area contributed by atoms with Crippen molar-refractivity contribution in [3.05, 3.63) is 76.0 Å². The second-order valence-electron chi connectivity index (χ2n) is 5.19. The number of benzene rings is 1. The number of aryl methyl sites for hydroxylation is 1. The van der Waals surface area contributed by atoms with Gasteiger partial charge >= 0.3 is 0 Å². The number of rotatable bonds is 4. The summed E-state index contributed by atoms with van der Waals surface area (Å²) in [5.74, 6) is -0.275. The van der Waals surface area contributed by atoms with E-state index in [9.17, 15) is 9.59 Å². The molecule has 0 bridgehead atoms. The van der Waals surface area contributed by atoms with Crippen LogP contribution in [0.1, 0.15) is 26.5 Å². The number of pyridine rings is 1. The Bertz CT molecular complexity index is 952. The molecule has 2 aromatic heterocycles. The van der Waals surface area contributed by atoms with E-state index in [1.165, 1.54) is 12.1 Å². The number of ketones is 1. The van der Waals surface area contributed by atoms with Gasteiger partial charge in [0.25, 0.3) is 5.91 Å². The maximum atomic E-state index is 12.4. The van der Waals surface area contributed by atoms with Gasteiger partial charge in [0, 0.05) is 30.7 Å². The van der Waals surface area contributed by atoms with E-state index in [1.807, 2.05) is 0 Å². The van der Waals surface area contributed by atoms with Gasteiger partial charge in [0.15, 0.2) is 5.82 Å². The number of nitrogens with one attached hydrogen (secondary N) is 1. The number of hydrogen-bond acceptors (Lipinski definition) is 4. The molecule has 0 aliphatic rings. The summed E-state index contributed by atoms with van der Waals surface area (Å²) >= 11 is 11.6. The van der Waals surface area contributed by atoms with Crippen LogP contribution in [0.2, 0.25) is 10.3 Å². The molecule has 0 aliphatic heterocycles. The number of aromatic nitrogens is 3. The summed E-state index contributed by atoms with van der Waals surface area (Å²) in [6, 6.07) is 9.47. The van der Waals surface area contributed by atoms with Crippen molar-refractivity contribution in [2.75, 3.05) is 5.32 Å². The standard InChI is InChI=1S/C17H12Cl2N4O2/c1-23-9-8-20-16(23)14(24)10-2-4-11(5-3-10)21-17(25)12-6-7-13(18)22-15(12)19/h2-9H,1H3,(H,21,25). The smallest absolute Gasteiger partial charge is 0.258 e. The lowest BCUT2D eigenvalue weighted by Crippen LogP contribution is -2.13. The third kappa shape index (κ3) is 3.70. The van der Waals surface area contributed by atoms with E-state index in [-0.39, 0.29) is 21.7 Å². The van der Waals surface area contributed by atoms with Crippen molar-refractivity contribution in [3.63, 3.8) is 0 Å². The van der Waals surface area contributed by atoms with Gasteiger partial charge in [-0.05, 0) is 36.4 Å². The molecular weight excluding hydrogens is 363 g/mol. The number of halogens is 2. The summed E-state index contributed by atoms with van der Waals surface area (Å²) in [6.07, 6.45) is 3.26. The van der Waals surface area contributed by atoms with Gasteiger partial charge in [0.05, 0.1) is 5.56 Å². The summed E-state index contributed by atoms with van der Waals surface area (Å²) in [4.78, 5) is 32.4. The van der Waals surface area contributed by atoms with Crippen LogP contribution in [0.15, 0.2) is 48.8 Å². The van der Waals surface area contributed by atoms with Crippen LogP contribution in [0.25, 0.3) is 0 Å². The lowest BCUT2D eigenvalue weighted by Gasteiger charge is -2.07. The third-order valence-corrected chi connectivity index (χ3v) is 3.99. The van der Waals surface area contributed by atoms with Gasteiger partial charge in [0.2, 0.25) is 5.78 Å². The number of carbonyl (C=O) groups is 2. The summed E-state index contributed by atoms with van der Waals surface area (Å²) in [5, 5.41) is 2.92. The molecule has 1 aromatic carbocycles. The number of hydrogen-bond donors (Lipinski definition) is 1. The SMILES string of the molecule is Cn1ccnc1C(=O)c1ccc(NC(=O)c2ccc(Cl)nc2Cl)cc1. The van der Waals surface area contributed by atoms with Gasteiger partial charge in [-0.3, -0.25) is 9.59 Å². The highest BCUT2D eigenvalue weighted by Crippen LogP contribution is 2.19.